The molecule has 0 aliphatic heterocycles. The van der Waals surface area contributed by atoms with Crippen LogP contribution in [0.5, 0.6) is 0 Å². The molecule has 0 unspecified atom stereocenters. The largest absolute Gasteiger partial charge is 0.368 e. The molecular formula is C8H7N7S2. The summed E-state index contributed by atoms with van der Waals surface area (Å²) in [7, 11) is 0. The zero-order valence-electron chi connectivity index (χ0n) is 8.71. The molecule has 3 aromatic heterocycles. The maximum atomic E-state index is 5.63. The van der Waals surface area contributed by atoms with Crippen molar-refractivity contribution in [3.8, 4) is 0 Å². The normalized spacial score (nSPS) is 11.1. The smallest absolute Gasteiger partial charge is 0.223 e. The molecule has 0 atom stereocenters. The van der Waals surface area contributed by atoms with Crippen molar-refractivity contribution in [1.29, 1.82) is 0 Å². The van der Waals surface area contributed by atoms with E-state index in [1.54, 1.807) is 6.20 Å². The number of aromatic amines is 1. The summed E-state index contributed by atoms with van der Waals surface area (Å²) in [4.78, 5) is 12.5. The second-order valence-corrected chi connectivity index (χ2v) is 5.22. The van der Waals surface area contributed by atoms with Crippen molar-refractivity contribution in [1.82, 2.24) is 29.5 Å². The van der Waals surface area contributed by atoms with Crippen LogP contribution in [0.1, 0.15) is 5.82 Å². The lowest BCUT2D eigenvalue weighted by molar-refractivity contribution is 1.07. The van der Waals surface area contributed by atoms with Crippen LogP contribution in [0.4, 0.5) is 5.95 Å². The highest BCUT2D eigenvalue weighted by molar-refractivity contribution is 8.01. The fourth-order valence-electron chi connectivity index (χ4n) is 1.30. The van der Waals surface area contributed by atoms with Crippen molar-refractivity contribution < 1.29 is 0 Å². The van der Waals surface area contributed by atoms with Gasteiger partial charge in [-0.1, -0.05) is 0 Å². The molecule has 0 radical (unpaired) electrons. The van der Waals surface area contributed by atoms with Gasteiger partial charge in [-0.2, -0.15) is 14.5 Å². The van der Waals surface area contributed by atoms with E-state index in [1.807, 2.05) is 6.92 Å². The van der Waals surface area contributed by atoms with Crippen molar-refractivity contribution in [3.05, 3.63) is 12.0 Å². The van der Waals surface area contributed by atoms with Gasteiger partial charge >= 0.3 is 0 Å². The molecule has 3 aromatic rings. The Morgan fingerprint density at radius 2 is 2.24 bits per heavy atom. The Hall–Kier alpha value is -1.74. The summed E-state index contributed by atoms with van der Waals surface area (Å²) in [6.07, 6.45) is 1.67. The van der Waals surface area contributed by atoms with Gasteiger partial charge in [-0.05, 0) is 30.2 Å². The summed E-state index contributed by atoms with van der Waals surface area (Å²) >= 11 is 2.74. The van der Waals surface area contributed by atoms with E-state index >= 15 is 0 Å². The van der Waals surface area contributed by atoms with Crippen LogP contribution in [-0.4, -0.2) is 29.5 Å². The number of aromatic nitrogens is 6. The van der Waals surface area contributed by atoms with Crippen molar-refractivity contribution in [2.75, 3.05) is 5.73 Å². The fourth-order valence-corrected chi connectivity index (χ4v) is 2.97. The average molecular weight is 265 g/mol. The minimum absolute atomic E-state index is 0.213. The topological polar surface area (TPSA) is 106 Å². The van der Waals surface area contributed by atoms with Gasteiger partial charge in [0.15, 0.2) is 9.99 Å². The molecule has 86 valence electrons. The van der Waals surface area contributed by atoms with Gasteiger partial charge in [0.1, 0.15) is 10.9 Å². The van der Waals surface area contributed by atoms with Crippen LogP contribution in [0.3, 0.4) is 0 Å². The number of nitrogens with zero attached hydrogens (tertiary/aromatic N) is 5. The number of H-pyrrole nitrogens is 1. The third kappa shape index (κ3) is 1.94. The number of nitrogen functional groups attached to an aromatic ring is 1. The monoisotopic (exact) mass is 265 g/mol. The van der Waals surface area contributed by atoms with Crippen LogP contribution >= 0.6 is 23.3 Å². The van der Waals surface area contributed by atoms with E-state index in [-0.39, 0.29) is 5.95 Å². The third-order valence-electron chi connectivity index (χ3n) is 1.99. The molecule has 3 heterocycles. The summed E-state index contributed by atoms with van der Waals surface area (Å²) in [5.41, 5.74) is 6.25. The Balaban J connectivity index is 2.07. The quantitative estimate of drug-likeness (QED) is 0.671. The number of anilines is 1. The Kier molecular flexibility index (Phi) is 2.41. The van der Waals surface area contributed by atoms with Crippen molar-refractivity contribution in [2.45, 2.75) is 16.3 Å². The molecule has 0 fully saturated rings. The molecule has 3 N–H and O–H groups in total. The maximum absolute atomic E-state index is 5.63. The first-order valence-electron chi connectivity index (χ1n) is 4.67. The van der Waals surface area contributed by atoms with Crippen LogP contribution in [0.25, 0.3) is 11.0 Å². The standard InChI is InChI=1S/C8H7N7S2/c1-3-11-8(17-15-3)16-6-4-2-10-14-5(4)12-7(9)13-6/h2H,1H3,(H3,9,10,12,13,14). The third-order valence-corrected chi connectivity index (χ3v) is 3.83. The maximum Gasteiger partial charge on any atom is 0.223 e. The van der Waals surface area contributed by atoms with Gasteiger partial charge < -0.3 is 5.73 Å². The summed E-state index contributed by atoms with van der Waals surface area (Å²) in [6.45, 7) is 1.85. The van der Waals surface area contributed by atoms with Crippen molar-refractivity contribution in [3.63, 3.8) is 0 Å². The summed E-state index contributed by atoms with van der Waals surface area (Å²) in [5.74, 6) is 0.966. The molecule has 17 heavy (non-hydrogen) atoms. The lowest BCUT2D eigenvalue weighted by atomic mass is 10.4. The molecule has 0 bridgehead atoms. The van der Waals surface area contributed by atoms with Gasteiger partial charge in [-0.15, -0.1) is 0 Å². The first kappa shape index (κ1) is 10.4. The highest BCUT2D eigenvalue weighted by Gasteiger charge is 2.11. The molecule has 0 saturated heterocycles. The van der Waals surface area contributed by atoms with Crippen LogP contribution < -0.4 is 5.73 Å². The molecular weight excluding hydrogens is 258 g/mol. The van der Waals surface area contributed by atoms with E-state index in [2.05, 4.69) is 29.5 Å². The van der Waals surface area contributed by atoms with E-state index in [0.29, 0.717) is 5.65 Å². The second kappa shape index (κ2) is 3.93. The highest BCUT2D eigenvalue weighted by Crippen LogP contribution is 2.31. The first-order valence-corrected chi connectivity index (χ1v) is 6.26. The molecule has 9 heteroatoms. The minimum atomic E-state index is 0.213. The Morgan fingerprint density at radius 1 is 1.35 bits per heavy atom. The Morgan fingerprint density at radius 3 is 3.00 bits per heavy atom. The first-order chi connectivity index (χ1) is 8.22. The van der Waals surface area contributed by atoms with Gasteiger partial charge in [-0.3, -0.25) is 5.10 Å². The van der Waals surface area contributed by atoms with E-state index < -0.39 is 0 Å². The van der Waals surface area contributed by atoms with Crippen molar-refractivity contribution in [2.24, 2.45) is 0 Å². The fraction of sp³-hybridized carbons (Fsp3) is 0.125. The Labute approximate surface area is 104 Å². The molecule has 0 saturated carbocycles. The number of nitrogens with two attached hydrogens (primary N) is 1. The molecule has 0 aliphatic carbocycles. The SMILES string of the molecule is Cc1nsc(Sc2nc(N)nc3[nH]ncc23)n1. The number of aryl methyl sites for hydroxylation is 1. The van der Waals surface area contributed by atoms with Crippen LogP contribution in [0.2, 0.25) is 0 Å². The molecule has 0 aliphatic rings. The second-order valence-electron chi connectivity index (χ2n) is 3.23. The van der Waals surface area contributed by atoms with Gasteiger partial charge in [0.25, 0.3) is 0 Å². The number of rotatable bonds is 2. The van der Waals surface area contributed by atoms with E-state index in [1.165, 1.54) is 23.3 Å². The van der Waals surface area contributed by atoms with E-state index in [0.717, 1.165) is 20.6 Å². The van der Waals surface area contributed by atoms with Gasteiger partial charge in [-0.25, -0.2) is 9.97 Å². The van der Waals surface area contributed by atoms with Gasteiger partial charge in [0, 0.05) is 0 Å². The summed E-state index contributed by atoms with van der Waals surface area (Å²) < 4.78 is 4.94. The van der Waals surface area contributed by atoms with Crippen molar-refractivity contribution >= 4 is 40.3 Å². The van der Waals surface area contributed by atoms with E-state index in [4.69, 9.17) is 5.73 Å². The molecule has 3 rings (SSSR count). The number of hydrogen-bond acceptors (Lipinski definition) is 8. The molecule has 0 aromatic carbocycles. The number of fused-ring (bicyclic) bond motifs is 1. The molecule has 7 nitrogen and oxygen atoms in total. The highest BCUT2D eigenvalue weighted by atomic mass is 32.2. The summed E-state index contributed by atoms with van der Waals surface area (Å²) in [6, 6.07) is 0. The lowest BCUT2D eigenvalue weighted by Crippen LogP contribution is -1.96. The molecule has 0 amide bonds. The van der Waals surface area contributed by atoms with Gasteiger partial charge in [0.05, 0.1) is 11.6 Å². The van der Waals surface area contributed by atoms with Crippen LogP contribution in [0.15, 0.2) is 15.6 Å². The van der Waals surface area contributed by atoms with Crippen LogP contribution in [-0.2, 0) is 0 Å². The predicted octanol–water partition coefficient (Wildman–Crippen LogP) is 1.25. The minimum Gasteiger partial charge on any atom is -0.368 e. The van der Waals surface area contributed by atoms with Crippen LogP contribution in [0, 0.1) is 6.92 Å². The zero-order valence-corrected chi connectivity index (χ0v) is 10.3. The zero-order chi connectivity index (χ0) is 11.8. The predicted molar refractivity (Wildman–Crippen MR) is 64.9 cm³/mol. The average Bonchev–Trinajstić information content (AvgIpc) is 2.87. The molecule has 0 spiro atoms. The lowest BCUT2D eigenvalue weighted by Gasteiger charge is -1.99. The van der Waals surface area contributed by atoms with Gasteiger partial charge in [0.2, 0.25) is 5.95 Å². The summed E-state index contributed by atoms with van der Waals surface area (Å²) in [5, 5.41) is 8.25. The van der Waals surface area contributed by atoms with E-state index in [9.17, 15) is 0 Å². The number of nitrogens with one attached hydrogen (secondary N) is 1. The Bertz CT molecular complexity index is 673. The number of hydrogen-bond donors (Lipinski definition) is 2.